The maximum Gasteiger partial charge on any atom is 0.300 e. The molecule has 0 heterocycles. The Bertz CT molecular complexity index is 348. The van der Waals surface area contributed by atoms with E-state index >= 15 is 0 Å². The minimum atomic E-state index is -5.39. The van der Waals surface area contributed by atoms with Gasteiger partial charge in [-0.25, -0.2) is 0 Å². The maximum absolute atomic E-state index is 10.8. The third-order valence-electron chi connectivity index (χ3n) is 2.61. The largest absolute Gasteiger partial charge is 0.387 e. The molecule has 1 aliphatic carbocycles. The lowest BCUT2D eigenvalue weighted by Crippen LogP contribution is -2.73. The van der Waals surface area contributed by atoms with E-state index in [4.69, 9.17) is 19.9 Å². The fourth-order valence-corrected chi connectivity index (χ4v) is 2.43. The standard InChI is InChI=1S/C6H12O9S/c7-1-2(8)4(10)6(12,16(13,14)15)5(11)3(1)9/h1-5,7-12H,(H,13,14,15)/t1-,2-,3-,4+,5-,6+/m1/s1. The number of aliphatic hydroxyl groups excluding tert-OH is 5. The number of hydrogen-bond donors (Lipinski definition) is 7. The molecule has 0 saturated heterocycles. The first-order chi connectivity index (χ1) is 7.05. The van der Waals surface area contributed by atoms with Crippen molar-refractivity contribution in [1.29, 1.82) is 0 Å². The lowest BCUT2D eigenvalue weighted by Gasteiger charge is -2.45. The molecule has 0 amide bonds. The van der Waals surface area contributed by atoms with E-state index in [1.54, 1.807) is 0 Å². The van der Waals surface area contributed by atoms with Crippen molar-refractivity contribution in [2.45, 2.75) is 35.5 Å². The van der Waals surface area contributed by atoms with Gasteiger partial charge in [-0.3, -0.25) is 4.55 Å². The first-order valence-electron chi connectivity index (χ1n) is 4.15. The zero-order chi connectivity index (χ0) is 12.9. The Labute approximate surface area is 90.0 Å². The average Bonchev–Trinajstić information content (AvgIpc) is 2.19. The smallest absolute Gasteiger partial charge is 0.300 e. The van der Waals surface area contributed by atoms with E-state index < -0.39 is 45.6 Å². The highest BCUT2D eigenvalue weighted by Gasteiger charge is 2.64. The predicted molar refractivity (Wildman–Crippen MR) is 46.5 cm³/mol. The zero-order valence-corrected chi connectivity index (χ0v) is 8.56. The molecule has 10 heteroatoms. The van der Waals surface area contributed by atoms with Gasteiger partial charge in [-0.15, -0.1) is 0 Å². The van der Waals surface area contributed by atoms with E-state index in [2.05, 4.69) is 0 Å². The highest BCUT2D eigenvalue weighted by Crippen LogP contribution is 2.33. The van der Waals surface area contributed by atoms with Crippen molar-refractivity contribution in [2.75, 3.05) is 0 Å². The quantitative estimate of drug-likeness (QED) is 0.228. The van der Waals surface area contributed by atoms with Gasteiger partial charge >= 0.3 is 10.1 Å². The molecule has 16 heavy (non-hydrogen) atoms. The van der Waals surface area contributed by atoms with E-state index in [0.29, 0.717) is 0 Å². The van der Waals surface area contributed by atoms with Crippen molar-refractivity contribution in [3.05, 3.63) is 0 Å². The fraction of sp³-hybridized carbons (Fsp3) is 1.00. The van der Waals surface area contributed by atoms with Gasteiger partial charge in [0.05, 0.1) is 0 Å². The van der Waals surface area contributed by atoms with Gasteiger partial charge < -0.3 is 30.6 Å². The van der Waals surface area contributed by atoms with Crippen LogP contribution in [0.2, 0.25) is 0 Å². The van der Waals surface area contributed by atoms with Crippen LogP contribution in [0.25, 0.3) is 0 Å². The first kappa shape index (κ1) is 13.7. The molecule has 0 aliphatic heterocycles. The van der Waals surface area contributed by atoms with Gasteiger partial charge in [-0.2, -0.15) is 8.42 Å². The van der Waals surface area contributed by atoms with Crippen LogP contribution in [0.5, 0.6) is 0 Å². The van der Waals surface area contributed by atoms with E-state index in [-0.39, 0.29) is 0 Å². The predicted octanol–water partition coefficient (Wildman–Crippen LogP) is -4.62. The van der Waals surface area contributed by atoms with Crippen molar-refractivity contribution < 1.29 is 43.6 Å². The topological polar surface area (TPSA) is 176 Å². The Balaban J connectivity index is 3.29. The van der Waals surface area contributed by atoms with Crippen molar-refractivity contribution in [1.82, 2.24) is 0 Å². The summed E-state index contributed by atoms with van der Waals surface area (Å²) in [7, 11) is -5.39. The SMILES string of the molecule is O=S(=O)(O)[C@]1(O)[C@H](O)[C@H](O)[C@H](O)[C@@H](O)[C@@H]1O. The van der Waals surface area contributed by atoms with Crippen molar-refractivity contribution in [3.8, 4) is 0 Å². The van der Waals surface area contributed by atoms with Gasteiger partial charge in [0, 0.05) is 0 Å². The first-order valence-corrected chi connectivity index (χ1v) is 5.59. The molecule has 6 atom stereocenters. The zero-order valence-electron chi connectivity index (χ0n) is 7.74. The van der Waals surface area contributed by atoms with Crippen LogP contribution in [0, 0.1) is 0 Å². The summed E-state index contributed by atoms with van der Waals surface area (Å²) in [6.45, 7) is 0. The van der Waals surface area contributed by atoms with Crippen LogP contribution in [0.15, 0.2) is 0 Å². The molecule has 7 N–H and O–H groups in total. The molecule has 0 aromatic rings. The Morgan fingerprint density at radius 2 is 1.12 bits per heavy atom. The van der Waals surface area contributed by atoms with Crippen LogP contribution in [0.1, 0.15) is 0 Å². The van der Waals surface area contributed by atoms with Crippen LogP contribution < -0.4 is 0 Å². The second-order valence-corrected chi connectivity index (χ2v) is 5.19. The Morgan fingerprint density at radius 1 is 0.812 bits per heavy atom. The summed E-state index contributed by atoms with van der Waals surface area (Å²) >= 11 is 0. The minimum absolute atomic E-state index is 2.06. The molecular formula is C6H12O9S. The number of rotatable bonds is 1. The van der Waals surface area contributed by atoms with Crippen LogP contribution in [-0.4, -0.2) is 79.1 Å². The van der Waals surface area contributed by atoms with E-state index in [0.717, 1.165) is 0 Å². The highest BCUT2D eigenvalue weighted by molar-refractivity contribution is 7.87. The summed E-state index contributed by atoms with van der Waals surface area (Å²) in [5.74, 6) is 0. The molecule has 0 aromatic carbocycles. The number of aliphatic hydroxyl groups is 6. The molecule has 1 fully saturated rings. The van der Waals surface area contributed by atoms with Crippen LogP contribution in [-0.2, 0) is 10.1 Å². The van der Waals surface area contributed by atoms with Crippen LogP contribution >= 0.6 is 0 Å². The Hall–Kier alpha value is -0.330. The highest BCUT2D eigenvalue weighted by atomic mass is 32.2. The lowest BCUT2D eigenvalue weighted by atomic mass is 9.84. The van der Waals surface area contributed by atoms with E-state index in [1.807, 2.05) is 0 Å². The molecule has 0 unspecified atom stereocenters. The molecule has 0 bridgehead atoms. The van der Waals surface area contributed by atoms with E-state index in [9.17, 15) is 23.7 Å². The average molecular weight is 260 g/mol. The van der Waals surface area contributed by atoms with Gasteiger partial charge in [0.25, 0.3) is 0 Å². The summed E-state index contributed by atoms with van der Waals surface area (Å²) in [5.41, 5.74) is 0. The van der Waals surface area contributed by atoms with Gasteiger partial charge in [-0.05, 0) is 0 Å². The minimum Gasteiger partial charge on any atom is -0.387 e. The third kappa shape index (κ3) is 1.63. The second-order valence-electron chi connectivity index (χ2n) is 3.59. The van der Waals surface area contributed by atoms with Gasteiger partial charge in [0.2, 0.25) is 4.93 Å². The van der Waals surface area contributed by atoms with Gasteiger partial charge in [0.15, 0.2) is 0 Å². The number of hydrogen-bond acceptors (Lipinski definition) is 8. The summed E-state index contributed by atoms with van der Waals surface area (Å²) in [4.78, 5) is -3.56. The summed E-state index contributed by atoms with van der Waals surface area (Å²) in [5, 5.41) is 55.2. The van der Waals surface area contributed by atoms with Crippen molar-refractivity contribution in [3.63, 3.8) is 0 Å². The van der Waals surface area contributed by atoms with Gasteiger partial charge in [-0.1, -0.05) is 0 Å². The molecule has 1 rings (SSSR count). The van der Waals surface area contributed by atoms with Crippen molar-refractivity contribution >= 4 is 10.1 Å². The molecule has 96 valence electrons. The van der Waals surface area contributed by atoms with E-state index in [1.165, 1.54) is 0 Å². The lowest BCUT2D eigenvalue weighted by molar-refractivity contribution is -0.239. The fourth-order valence-electron chi connectivity index (χ4n) is 1.55. The summed E-state index contributed by atoms with van der Waals surface area (Å²) in [6, 6.07) is 0. The monoisotopic (exact) mass is 260 g/mol. The van der Waals surface area contributed by atoms with Crippen LogP contribution in [0.3, 0.4) is 0 Å². The third-order valence-corrected chi connectivity index (χ3v) is 3.92. The molecule has 0 aromatic heterocycles. The van der Waals surface area contributed by atoms with Crippen molar-refractivity contribution in [2.24, 2.45) is 0 Å². The summed E-state index contributed by atoms with van der Waals surface area (Å²) < 4.78 is 30.3. The molecule has 9 nitrogen and oxygen atoms in total. The Morgan fingerprint density at radius 3 is 1.38 bits per heavy atom. The molecule has 1 aliphatic rings. The molecule has 0 spiro atoms. The Kier molecular flexibility index (Phi) is 3.31. The van der Waals surface area contributed by atoms with Crippen LogP contribution in [0.4, 0.5) is 0 Å². The summed E-state index contributed by atoms with van der Waals surface area (Å²) in [6.07, 6.45) is -11.7. The van der Waals surface area contributed by atoms with Gasteiger partial charge in [0.1, 0.15) is 30.5 Å². The second kappa shape index (κ2) is 3.85. The molecular weight excluding hydrogens is 248 g/mol. The molecule has 1 saturated carbocycles. The molecule has 0 radical (unpaired) electrons. The normalized spacial score (nSPS) is 50.3. The maximum atomic E-state index is 10.8.